The molecule has 0 bridgehead atoms. The van der Waals surface area contributed by atoms with E-state index >= 15 is 0 Å². The van der Waals surface area contributed by atoms with Crippen molar-refractivity contribution in [3.8, 4) is 0 Å². The molecule has 0 amide bonds. The maximum Gasteiger partial charge on any atom is 0.243 e. The lowest BCUT2D eigenvalue weighted by atomic mass is 10.2. The van der Waals surface area contributed by atoms with Gasteiger partial charge in [0.2, 0.25) is 10.0 Å². The number of hydrogen-bond acceptors (Lipinski definition) is 5. The summed E-state index contributed by atoms with van der Waals surface area (Å²) in [4.78, 5) is 12.6. The van der Waals surface area contributed by atoms with Gasteiger partial charge in [0.15, 0.2) is 5.78 Å². The summed E-state index contributed by atoms with van der Waals surface area (Å²) >= 11 is 1.49. The lowest BCUT2D eigenvalue weighted by Gasteiger charge is -2.21. The van der Waals surface area contributed by atoms with E-state index < -0.39 is 10.0 Å². The lowest BCUT2D eigenvalue weighted by molar-refractivity contribution is 0.101. The predicted molar refractivity (Wildman–Crippen MR) is 95.9 cm³/mol. The van der Waals surface area contributed by atoms with Gasteiger partial charge in [0, 0.05) is 17.0 Å². The van der Waals surface area contributed by atoms with Crippen LogP contribution in [0.5, 0.6) is 0 Å². The number of ketones is 1. The molecule has 0 aliphatic heterocycles. The molecular weight excluding hydrogens is 358 g/mol. The van der Waals surface area contributed by atoms with Gasteiger partial charge < -0.3 is 4.42 Å². The van der Waals surface area contributed by atoms with E-state index in [0.717, 1.165) is 4.88 Å². The van der Waals surface area contributed by atoms with Crippen LogP contribution < -0.4 is 0 Å². The zero-order valence-corrected chi connectivity index (χ0v) is 15.2. The molecule has 0 fully saturated rings. The van der Waals surface area contributed by atoms with Crippen molar-refractivity contribution >= 4 is 27.1 Å². The lowest BCUT2D eigenvalue weighted by Crippen LogP contribution is -2.30. The van der Waals surface area contributed by atoms with E-state index in [4.69, 9.17) is 4.42 Å². The molecule has 2 aromatic heterocycles. The topological polar surface area (TPSA) is 67.6 Å². The second kappa shape index (κ2) is 7.35. The number of nitrogens with zero attached hydrogens (tertiary/aromatic N) is 1. The van der Waals surface area contributed by atoms with Gasteiger partial charge in [0.05, 0.1) is 17.7 Å². The Bertz CT molecular complexity index is 909. The molecule has 3 rings (SSSR count). The first kappa shape index (κ1) is 17.6. The van der Waals surface area contributed by atoms with Crippen LogP contribution >= 0.6 is 11.3 Å². The fraction of sp³-hybridized carbons (Fsp3) is 0.167. The van der Waals surface area contributed by atoms with Gasteiger partial charge in [-0.15, -0.1) is 11.3 Å². The Labute approximate surface area is 150 Å². The summed E-state index contributed by atoms with van der Waals surface area (Å²) in [6.07, 6.45) is 1.52. The molecule has 0 spiro atoms. The maximum absolute atomic E-state index is 13.1. The molecule has 1 aromatic carbocycles. The van der Waals surface area contributed by atoms with Crippen LogP contribution in [0.4, 0.5) is 0 Å². The maximum atomic E-state index is 13.1. The predicted octanol–water partition coefficient (Wildman–Crippen LogP) is 3.93. The summed E-state index contributed by atoms with van der Waals surface area (Å²) < 4.78 is 33.0. The Morgan fingerprint density at radius 3 is 2.60 bits per heavy atom. The molecule has 0 unspecified atom stereocenters. The summed E-state index contributed by atoms with van der Waals surface area (Å²) in [6.45, 7) is 1.78. The molecule has 0 atom stereocenters. The van der Waals surface area contributed by atoms with Gasteiger partial charge in [0.1, 0.15) is 5.76 Å². The van der Waals surface area contributed by atoms with E-state index in [1.54, 1.807) is 24.3 Å². The minimum Gasteiger partial charge on any atom is -0.468 e. The van der Waals surface area contributed by atoms with Gasteiger partial charge in [-0.2, -0.15) is 4.31 Å². The molecule has 2 heterocycles. The second-order valence-electron chi connectivity index (χ2n) is 5.52. The largest absolute Gasteiger partial charge is 0.468 e. The molecule has 130 valence electrons. The molecule has 5 nitrogen and oxygen atoms in total. The van der Waals surface area contributed by atoms with Crippen LogP contribution in [0.15, 0.2) is 69.5 Å². The van der Waals surface area contributed by atoms with Crippen LogP contribution in [0, 0.1) is 0 Å². The van der Waals surface area contributed by atoms with Crippen LogP contribution in [0.1, 0.15) is 27.9 Å². The van der Waals surface area contributed by atoms with Gasteiger partial charge in [-0.1, -0.05) is 18.2 Å². The number of Topliss-reactive ketones (excluding diaryl/α,β-unsaturated/α-hetero) is 1. The Morgan fingerprint density at radius 1 is 1.12 bits per heavy atom. The van der Waals surface area contributed by atoms with E-state index in [9.17, 15) is 13.2 Å². The van der Waals surface area contributed by atoms with Crippen LogP contribution in [0.25, 0.3) is 0 Å². The van der Waals surface area contributed by atoms with Crippen LogP contribution in [0.3, 0.4) is 0 Å². The van der Waals surface area contributed by atoms with Crippen molar-refractivity contribution in [1.82, 2.24) is 4.31 Å². The fourth-order valence-corrected chi connectivity index (χ4v) is 4.64. The molecule has 0 saturated heterocycles. The van der Waals surface area contributed by atoms with Crippen molar-refractivity contribution in [3.63, 3.8) is 0 Å². The summed E-state index contributed by atoms with van der Waals surface area (Å²) in [5.74, 6) is 0.385. The first-order chi connectivity index (χ1) is 12.0. The monoisotopic (exact) mass is 375 g/mol. The SMILES string of the molecule is CC(=O)c1cccc(S(=O)(=O)N(Cc2ccco2)Cc2cccs2)c1. The van der Waals surface area contributed by atoms with E-state index in [0.29, 0.717) is 11.3 Å². The third kappa shape index (κ3) is 4.07. The third-order valence-corrected chi connectivity index (χ3v) is 6.35. The number of furan rings is 1. The molecule has 0 saturated carbocycles. The molecule has 7 heteroatoms. The molecule has 0 aliphatic rings. The van der Waals surface area contributed by atoms with Gasteiger partial charge in [-0.05, 0) is 42.6 Å². The number of rotatable bonds is 7. The van der Waals surface area contributed by atoms with Crippen LogP contribution in [-0.2, 0) is 23.1 Å². The van der Waals surface area contributed by atoms with Crippen molar-refractivity contribution in [3.05, 3.63) is 76.4 Å². The van der Waals surface area contributed by atoms with E-state index in [1.807, 2.05) is 17.5 Å². The van der Waals surface area contributed by atoms with Crippen LogP contribution in [-0.4, -0.2) is 18.5 Å². The minimum atomic E-state index is -3.78. The Kier molecular flexibility index (Phi) is 5.17. The summed E-state index contributed by atoms with van der Waals surface area (Å²) in [6, 6.07) is 13.4. The molecule has 0 aliphatic carbocycles. The fourth-order valence-electron chi connectivity index (χ4n) is 2.40. The van der Waals surface area contributed by atoms with Crippen molar-refractivity contribution in [2.45, 2.75) is 24.9 Å². The molecular formula is C18H17NO4S2. The number of carbonyl (C=O) groups excluding carboxylic acids is 1. The Morgan fingerprint density at radius 2 is 1.96 bits per heavy atom. The number of sulfonamides is 1. The first-order valence-corrected chi connectivity index (χ1v) is 9.95. The number of carbonyl (C=O) groups is 1. The van der Waals surface area contributed by atoms with Crippen molar-refractivity contribution in [2.24, 2.45) is 0 Å². The third-order valence-electron chi connectivity index (χ3n) is 3.70. The quantitative estimate of drug-likeness (QED) is 0.587. The highest BCUT2D eigenvalue weighted by Gasteiger charge is 2.26. The van der Waals surface area contributed by atoms with Crippen molar-refractivity contribution in [2.75, 3.05) is 0 Å². The Hall–Kier alpha value is -2.22. The minimum absolute atomic E-state index is 0.100. The molecule has 3 aromatic rings. The van der Waals surface area contributed by atoms with Gasteiger partial charge in [0.25, 0.3) is 0 Å². The standard InChI is InChI=1S/C18H17NO4S2/c1-14(20)15-5-2-8-18(11-15)25(21,22)19(12-16-6-3-9-23-16)13-17-7-4-10-24-17/h2-11H,12-13H2,1H3. The van der Waals surface area contributed by atoms with Gasteiger partial charge >= 0.3 is 0 Å². The highest BCUT2D eigenvalue weighted by atomic mass is 32.2. The summed E-state index contributed by atoms with van der Waals surface area (Å²) in [7, 11) is -3.78. The average molecular weight is 375 g/mol. The van der Waals surface area contributed by atoms with E-state index in [2.05, 4.69) is 0 Å². The van der Waals surface area contributed by atoms with E-state index in [-0.39, 0.29) is 23.8 Å². The van der Waals surface area contributed by atoms with Crippen molar-refractivity contribution in [1.29, 1.82) is 0 Å². The highest BCUT2D eigenvalue weighted by Crippen LogP contribution is 2.24. The number of thiophene rings is 1. The zero-order chi connectivity index (χ0) is 17.9. The molecule has 0 radical (unpaired) electrons. The number of hydrogen-bond donors (Lipinski definition) is 0. The van der Waals surface area contributed by atoms with Gasteiger partial charge in [-0.25, -0.2) is 8.42 Å². The first-order valence-electron chi connectivity index (χ1n) is 7.63. The molecule has 25 heavy (non-hydrogen) atoms. The number of benzene rings is 1. The average Bonchev–Trinajstić information content (AvgIpc) is 3.28. The smallest absolute Gasteiger partial charge is 0.243 e. The van der Waals surface area contributed by atoms with Crippen molar-refractivity contribution < 1.29 is 17.6 Å². The van der Waals surface area contributed by atoms with Crippen LogP contribution in [0.2, 0.25) is 0 Å². The van der Waals surface area contributed by atoms with Gasteiger partial charge in [-0.3, -0.25) is 4.79 Å². The summed E-state index contributed by atoms with van der Waals surface area (Å²) in [5, 5.41) is 1.91. The highest BCUT2D eigenvalue weighted by molar-refractivity contribution is 7.89. The van der Waals surface area contributed by atoms with E-state index in [1.165, 1.54) is 41.0 Å². The zero-order valence-electron chi connectivity index (χ0n) is 13.6. The normalized spacial score (nSPS) is 11.8. The molecule has 0 N–H and O–H groups in total. The Balaban J connectivity index is 1.97. The second-order valence-corrected chi connectivity index (χ2v) is 8.49. The summed E-state index contributed by atoms with van der Waals surface area (Å²) in [5.41, 5.74) is 0.371.